The molecule has 1 saturated heterocycles. The van der Waals surface area contributed by atoms with E-state index in [2.05, 4.69) is 4.72 Å². The molecule has 0 aliphatic carbocycles. The smallest absolute Gasteiger partial charge is 0.411 e. The third kappa shape index (κ3) is 6.16. The van der Waals surface area contributed by atoms with Crippen molar-refractivity contribution in [3.63, 3.8) is 0 Å². The number of sulfonamides is 1. The molecule has 4 rings (SSSR count). The summed E-state index contributed by atoms with van der Waals surface area (Å²) in [6, 6.07) is 20.6. The van der Waals surface area contributed by atoms with Crippen LogP contribution in [0.4, 0.5) is 4.79 Å². The van der Waals surface area contributed by atoms with Crippen LogP contribution in [0.25, 0.3) is 11.1 Å². The molecule has 38 heavy (non-hydrogen) atoms. The fourth-order valence-electron chi connectivity index (χ4n) is 5.31. The van der Waals surface area contributed by atoms with Gasteiger partial charge in [0.1, 0.15) is 5.60 Å². The zero-order valence-electron chi connectivity index (χ0n) is 22.5. The monoisotopic (exact) mass is 537 g/mol. The number of amides is 1. The van der Waals surface area contributed by atoms with Gasteiger partial charge < -0.3 is 14.2 Å². The molecule has 0 bridgehead atoms. The first kappa shape index (κ1) is 27.6. The molecule has 1 aromatic heterocycles. The summed E-state index contributed by atoms with van der Waals surface area (Å²) >= 11 is 0. The Morgan fingerprint density at radius 1 is 1.03 bits per heavy atom. The third-order valence-electron chi connectivity index (χ3n) is 7.06. The Bertz CT molecular complexity index is 1470. The van der Waals surface area contributed by atoms with Gasteiger partial charge in [0.05, 0.1) is 12.3 Å². The molecule has 0 radical (unpaired) electrons. The molecule has 9 heteroatoms. The van der Waals surface area contributed by atoms with Crippen LogP contribution in [0.15, 0.2) is 77.7 Å². The quantitative estimate of drug-likeness (QED) is 0.454. The lowest BCUT2D eigenvalue weighted by molar-refractivity contribution is -0.0749. The van der Waals surface area contributed by atoms with E-state index in [0.717, 1.165) is 28.5 Å². The van der Waals surface area contributed by atoms with Gasteiger partial charge in [0.25, 0.3) is 5.56 Å². The van der Waals surface area contributed by atoms with Crippen LogP contribution < -0.4 is 10.3 Å². The van der Waals surface area contributed by atoms with E-state index in [-0.39, 0.29) is 18.0 Å². The van der Waals surface area contributed by atoms with Gasteiger partial charge >= 0.3 is 6.09 Å². The van der Waals surface area contributed by atoms with Crippen LogP contribution in [-0.2, 0) is 27.4 Å². The Morgan fingerprint density at radius 2 is 1.68 bits per heavy atom. The number of carbonyl (C=O) groups excluding carboxylic acids is 1. The van der Waals surface area contributed by atoms with Gasteiger partial charge in [-0.15, -0.1) is 0 Å². The Morgan fingerprint density at radius 3 is 2.26 bits per heavy atom. The molecular weight excluding hydrogens is 502 g/mol. The van der Waals surface area contributed by atoms with Crippen molar-refractivity contribution in [1.82, 2.24) is 14.2 Å². The molecule has 2 heterocycles. The molecular formula is C29H35N3O5S. The van der Waals surface area contributed by atoms with Crippen molar-refractivity contribution in [3.8, 4) is 11.1 Å². The predicted molar refractivity (Wildman–Crippen MR) is 148 cm³/mol. The molecule has 1 aliphatic heterocycles. The normalized spacial score (nSPS) is 19.2. The highest BCUT2D eigenvalue weighted by Gasteiger charge is 2.47. The van der Waals surface area contributed by atoms with E-state index in [4.69, 9.17) is 4.74 Å². The van der Waals surface area contributed by atoms with E-state index in [0.29, 0.717) is 13.0 Å². The molecule has 1 aliphatic rings. The first-order valence-electron chi connectivity index (χ1n) is 12.6. The summed E-state index contributed by atoms with van der Waals surface area (Å²) in [5.74, 6) is 0. The predicted octanol–water partition coefficient (Wildman–Crippen LogP) is 4.57. The minimum atomic E-state index is -3.46. The van der Waals surface area contributed by atoms with E-state index >= 15 is 0 Å². The van der Waals surface area contributed by atoms with Crippen molar-refractivity contribution in [2.75, 3.05) is 12.8 Å². The standard InChI is InChI=1S/C29H35N3O5S/c1-21(22-11-13-23(14-12-22)24-15-17-31(4)26(33)19-24)32-18-16-29(37-27(32)34,25-9-7-6-8-10-25)20-28(2,3)30-38(5,35)36/h6-15,17,19,21,30H,16,18,20H2,1-5H3/t21-,29-/m0/s1. The first-order valence-corrected chi connectivity index (χ1v) is 14.5. The summed E-state index contributed by atoms with van der Waals surface area (Å²) in [7, 11) is -1.75. The lowest BCUT2D eigenvalue weighted by atomic mass is 9.79. The van der Waals surface area contributed by atoms with Crippen LogP contribution in [0.3, 0.4) is 0 Å². The maximum Gasteiger partial charge on any atom is 0.411 e. The zero-order valence-corrected chi connectivity index (χ0v) is 23.3. The van der Waals surface area contributed by atoms with Gasteiger partial charge in [0, 0.05) is 44.2 Å². The second-order valence-corrected chi connectivity index (χ2v) is 12.5. The fourth-order valence-corrected chi connectivity index (χ4v) is 6.38. The van der Waals surface area contributed by atoms with Crippen LogP contribution in [0.5, 0.6) is 0 Å². The molecule has 3 aromatic rings. The van der Waals surface area contributed by atoms with Crippen molar-refractivity contribution in [3.05, 3.63) is 94.4 Å². The molecule has 0 unspecified atom stereocenters. The first-order chi connectivity index (χ1) is 17.8. The Labute approximate surface area is 224 Å². The summed E-state index contributed by atoms with van der Waals surface area (Å²) in [6.07, 6.45) is 3.22. The number of benzene rings is 2. The molecule has 0 saturated carbocycles. The van der Waals surface area contributed by atoms with E-state index in [1.807, 2.05) is 67.6 Å². The highest BCUT2D eigenvalue weighted by Crippen LogP contribution is 2.42. The molecule has 2 atom stereocenters. The second kappa shape index (κ2) is 10.4. The van der Waals surface area contributed by atoms with Gasteiger partial charge in [-0.3, -0.25) is 4.79 Å². The van der Waals surface area contributed by atoms with Crippen molar-refractivity contribution >= 4 is 16.1 Å². The number of ether oxygens (including phenoxy) is 1. The summed E-state index contributed by atoms with van der Waals surface area (Å²) in [6.45, 7) is 6.00. The Kier molecular flexibility index (Phi) is 7.54. The van der Waals surface area contributed by atoms with E-state index in [9.17, 15) is 18.0 Å². The van der Waals surface area contributed by atoms with E-state index in [1.54, 1.807) is 38.1 Å². The number of carbonyl (C=O) groups is 1. The number of cyclic esters (lactones) is 1. The van der Waals surface area contributed by atoms with Crippen molar-refractivity contribution in [2.45, 2.75) is 50.8 Å². The zero-order chi connectivity index (χ0) is 27.7. The van der Waals surface area contributed by atoms with E-state index < -0.39 is 27.3 Å². The number of nitrogens with one attached hydrogen (secondary N) is 1. The SMILES string of the molecule is C[C@@H](c1ccc(-c2ccn(C)c(=O)c2)cc1)N1CC[C@](CC(C)(C)NS(C)(=O)=O)(c2ccccc2)OC1=O. The maximum absolute atomic E-state index is 13.5. The molecule has 202 valence electrons. The molecule has 1 fully saturated rings. The number of nitrogens with zero attached hydrogens (tertiary/aromatic N) is 2. The summed E-state index contributed by atoms with van der Waals surface area (Å²) in [5.41, 5.74) is 1.65. The lowest BCUT2D eigenvalue weighted by Gasteiger charge is -2.46. The Balaban J connectivity index is 1.56. The van der Waals surface area contributed by atoms with Gasteiger partial charge in [0.15, 0.2) is 0 Å². The summed E-state index contributed by atoms with van der Waals surface area (Å²) in [5, 5.41) is 0. The number of aryl methyl sites for hydroxylation is 1. The maximum atomic E-state index is 13.5. The van der Waals surface area contributed by atoms with Gasteiger partial charge in [-0.05, 0) is 49.1 Å². The number of hydrogen-bond acceptors (Lipinski definition) is 5. The molecule has 1 N–H and O–H groups in total. The van der Waals surface area contributed by atoms with Crippen LogP contribution >= 0.6 is 0 Å². The number of aromatic nitrogens is 1. The lowest BCUT2D eigenvalue weighted by Crippen LogP contribution is -2.54. The molecule has 8 nitrogen and oxygen atoms in total. The third-order valence-corrected chi connectivity index (χ3v) is 7.98. The number of rotatable bonds is 8. The second-order valence-electron chi connectivity index (χ2n) is 10.8. The van der Waals surface area contributed by atoms with Crippen molar-refractivity contribution in [1.29, 1.82) is 0 Å². The van der Waals surface area contributed by atoms with Crippen LogP contribution in [-0.4, -0.2) is 42.3 Å². The van der Waals surface area contributed by atoms with Crippen LogP contribution in [0.2, 0.25) is 0 Å². The molecule has 0 spiro atoms. The fraction of sp³-hybridized carbons (Fsp3) is 0.379. The molecule has 1 amide bonds. The summed E-state index contributed by atoms with van der Waals surface area (Å²) in [4.78, 5) is 27.2. The highest BCUT2D eigenvalue weighted by molar-refractivity contribution is 7.88. The number of hydrogen-bond donors (Lipinski definition) is 1. The van der Waals surface area contributed by atoms with Crippen molar-refractivity contribution < 1.29 is 17.9 Å². The highest BCUT2D eigenvalue weighted by atomic mass is 32.2. The largest absolute Gasteiger partial charge is 0.438 e. The average molecular weight is 538 g/mol. The minimum Gasteiger partial charge on any atom is -0.438 e. The summed E-state index contributed by atoms with van der Waals surface area (Å²) < 4.78 is 34.4. The van der Waals surface area contributed by atoms with Crippen LogP contribution in [0, 0.1) is 0 Å². The van der Waals surface area contributed by atoms with Gasteiger partial charge in [-0.2, -0.15) is 0 Å². The van der Waals surface area contributed by atoms with Crippen LogP contribution in [0.1, 0.15) is 50.8 Å². The molecule has 2 aromatic carbocycles. The van der Waals surface area contributed by atoms with Gasteiger partial charge in [-0.1, -0.05) is 54.6 Å². The number of pyridine rings is 1. The minimum absolute atomic E-state index is 0.0761. The van der Waals surface area contributed by atoms with E-state index in [1.165, 1.54) is 4.57 Å². The topological polar surface area (TPSA) is 97.7 Å². The average Bonchev–Trinajstić information content (AvgIpc) is 2.84. The van der Waals surface area contributed by atoms with Gasteiger partial charge in [-0.25, -0.2) is 17.9 Å². The van der Waals surface area contributed by atoms with Gasteiger partial charge in [0.2, 0.25) is 10.0 Å². The Hall–Kier alpha value is -3.43. The van der Waals surface area contributed by atoms with Crippen molar-refractivity contribution in [2.24, 2.45) is 7.05 Å².